The van der Waals surface area contributed by atoms with E-state index in [9.17, 15) is 9.90 Å². The zero-order chi connectivity index (χ0) is 15.5. The molecule has 6 nitrogen and oxygen atoms in total. The molecule has 0 aliphatic rings. The van der Waals surface area contributed by atoms with E-state index in [1.807, 2.05) is 25.1 Å². The van der Waals surface area contributed by atoms with E-state index in [4.69, 9.17) is 0 Å². The molecule has 6 heteroatoms. The van der Waals surface area contributed by atoms with Crippen molar-refractivity contribution in [3.8, 4) is 5.75 Å². The van der Waals surface area contributed by atoms with Crippen molar-refractivity contribution in [2.75, 3.05) is 5.43 Å². The Kier molecular flexibility index (Phi) is 3.57. The van der Waals surface area contributed by atoms with Crippen LogP contribution in [0.2, 0.25) is 0 Å². The van der Waals surface area contributed by atoms with E-state index in [0.29, 0.717) is 11.0 Å². The summed E-state index contributed by atoms with van der Waals surface area (Å²) in [5, 5.41) is 13.2. The van der Waals surface area contributed by atoms with Crippen LogP contribution in [0.5, 0.6) is 5.75 Å². The molecule has 0 radical (unpaired) electrons. The normalized spacial score (nSPS) is 11.1. The lowest BCUT2D eigenvalue weighted by molar-refractivity contribution is 0.475. The van der Waals surface area contributed by atoms with E-state index < -0.39 is 0 Å². The number of fused-ring (bicyclic) bond motifs is 1. The Hall–Kier alpha value is -3.15. The van der Waals surface area contributed by atoms with E-state index in [-0.39, 0.29) is 17.1 Å². The molecular formula is C16H14N4O2. The first-order valence-electron chi connectivity index (χ1n) is 6.70. The molecule has 0 amide bonds. The number of aryl methyl sites for hydroxylation is 1. The first kappa shape index (κ1) is 13.8. The summed E-state index contributed by atoms with van der Waals surface area (Å²) in [5.74, 6) is 0.319. The van der Waals surface area contributed by atoms with Gasteiger partial charge in [0.2, 0.25) is 5.82 Å². The van der Waals surface area contributed by atoms with Crippen molar-refractivity contribution < 1.29 is 5.11 Å². The van der Waals surface area contributed by atoms with Gasteiger partial charge < -0.3 is 10.1 Å². The first-order chi connectivity index (χ1) is 10.6. The number of anilines is 1. The summed E-state index contributed by atoms with van der Waals surface area (Å²) in [6.07, 6.45) is 1.54. The maximum atomic E-state index is 11.9. The molecule has 3 rings (SSSR count). The fourth-order valence-electron chi connectivity index (χ4n) is 2.00. The van der Waals surface area contributed by atoms with Crippen molar-refractivity contribution >= 4 is 23.1 Å². The van der Waals surface area contributed by atoms with Crippen LogP contribution in [0.25, 0.3) is 11.0 Å². The van der Waals surface area contributed by atoms with Crippen LogP contribution in [-0.4, -0.2) is 21.3 Å². The number of hydrogen-bond donors (Lipinski definition) is 3. The van der Waals surface area contributed by atoms with Crippen LogP contribution in [0.4, 0.5) is 5.82 Å². The summed E-state index contributed by atoms with van der Waals surface area (Å²) >= 11 is 0. The summed E-state index contributed by atoms with van der Waals surface area (Å²) in [4.78, 5) is 19.0. The molecule has 0 aliphatic heterocycles. The number of hydrazone groups is 1. The van der Waals surface area contributed by atoms with E-state index in [0.717, 1.165) is 11.1 Å². The second kappa shape index (κ2) is 5.69. The number of aromatic nitrogens is 2. The van der Waals surface area contributed by atoms with Crippen molar-refractivity contribution in [2.24, 2.45) is 5.10 Å². The molecule has 1 heterocycles. The van der Waals surface area contributed by atoms with Gasteiger partial charge in [0.1, 0.15) is 5.75 Å². The van der Waals surface area contributed by atoms with Gasteiger partial charge in [-0.1, -0.05) is 6.07 Å². The predicted octanol–water partition coefficient (Wildman–Crippen LogP) is 2.38. The Labute approximate surface area is 126 Å². The lowest BCUT2D eigenvalue weighted by atomic mass is 10.2. The highest BCUT2D eigenvalue weighted by molar-refractivity contribution is 5.80. The Balaban J connectivity index is 1.84. The Bertz CT molecular complexity index is 898. The monoisotopic (exact) mass is 294 g/mol. The van der Waals surface area contributed by atoms with E-state index in [1.54, 1.807) is 30.5 Å². The number of benzene rings is 2. The summed E-state index contributed by atoms with van der Waals surface area (Å²) in [7, 11) is 0. The molecule has 3 N–H and O–H groups in total. The number of phenolic OH excluding ortho intramolecular Hbond substituents is 1. The van der Waals surface area contributed by atoms with Crippen LogP contribution in [0.3, 0.4) is 0 Å². The van der Waals surface area contributed by atoms with Gasteiger partial charge in [-0.2, -0.15) is 5.10 Å². The Morgan fingerprint density at radius 1 is 1.23 bits per heavy atom. The van der Waals surface area contributed by atoms with Crippen LogP contribution in [0.1, 0.15) is 11.1 Å². The third-order valence-electron chi connectivity index (χ3n) is 3.12. The molecule has 1 aromatic heterocycles. The molecule has 0 unspecified atom stereocenters. The summed E-state index contributed by atoms with van der Waals surface area (Å²) in [6, 6.07) is 12.2. The molecule has 110 valence electrons. The fourth-order valence-corrected chi connectivity index (χ4v) is 2.00. The standard InChI is InChI=1S/C16H14N4O2/c1-10-2-7-13-14(8-10)19-16(22)15(18-13)20-17-9-11-3-5-12(21)6-4-11/h2-9,21H,1H3,(H,18,20)(H,19,22)/b17-9+. The molecule has 3 aromatic rings. The second-order valence-corrected chi connectivity index (χ2v) is 4.90. The molecule has 0 atom stereocenters. The van der Waals surface area contributed by atoms with E-state index in [2.05, 4.69) is 20.5 Å². The SMILES string of the molecule is Cc1ccc2nc(N/N=C/c3ccc(O)cc3)c(=O)[nH]c2c1. The molecular weight excluding hydrogens is 280 g/mol. The summed E-state index contributed by atoms with van der Waals surface area (Å²) in [6.45, 7) is 1.95. The van der Waals surface area contributed by atoms with Crippen molar-refractivity contribution in [3.05, 3.63) is 63.9 Å². The smallest absolute Gasteiger partial charge is 0.293 e. The number of phenols is 1. The van der Waals surface area contributed by atoms with Crippen LogP contribution in [-0.2, 0) is 0 Å². The van der Waals surface area contributed by atoms with Gasteiger partial charge in [-0.3, -0.25) is 10.2 Å². The third-order valence-corrected chi connectivity index (χ3v) is 3.12. The van der Waals surface area contributed by atoms with Gasteiger partial charge >= 0.3 is 0 Å². The lowest BCUT2D eigenvalue weighted by Gasteiger charge is -2.02. The minimum Gasteiger partial charge on any atom is -0.508 e. The first-order valence-corrected chi connectivity index (χ1v) is 6.70. The lowest BCUT2D eigenvalue weighted by Crippen LogP contribution is -2.13. The molecule has 0 aliphatic carbocycles. The largest absolute Gasteiger partial charge is 0.508 e. The summed E-state index contributed by atoms with van der Waals surface area (Å²) in [5.41, 5.74) is 5.52. The van der Waals surface area contributed by atoms with Crippen molar-refractivity contribution in [1.82, 2.24) is 9.97 Å². The Morgan fingerprint density at radius 3 is 2.77 bits per heavy atom. The van der Waals surface area contributed by atoms with Gasteiger partial charge in [-0.25, -0.2) is 4.98 Å². The number of aromatic hydroxyl groups is 1. The van der Waals surface area contributed by atoms with Crippen LogP contribution in [0, 0.1) is 6.92 Å². The number of nitrogens with zero attached hydrogens (tertiary/aromatic N) is 2. The van der Waals surface area contributed by atoms with E-state index in [1.165, 1.54) is 0 Å². The van der Waals surface area contributed by atoms with Crippen molar-refractivity contribution in [1.29, 1.82) is 0 Å². The zero-order valence-electron chi connectivity index (χ0n) is 11.9. The highest BCUT2D eigenvalue weighted by Gasteiger charge is 2.03. The maximum Gasteiger partial charge on any atom is 0.293 e. The number of hydrogen-bond acceptors (Lipinski definition) is 5. The molecule has 0 bridgehead atoms. The predicted molar refractivity (Wildman–Crippen MR) is 86.4 cm³/mol. The molecule has 0 spiro atoms. The van der Waals surface area contributed by atoms with Gasteiger partial charge in [0.05, 0.1) is 17.2 Å². The average Bonchev–Trinajstić information content (AvgIpc) is 2.50. The number of H-pyrrole nitrogens is 1. The van der Waals surface area contributed by atoms with Crippen LogP contribution >= 0.6 is 0 Å². The fraction of sp³-hybridized carbons (Fsp3) is 0.0625. The molecule has 22 heavy (non-hydrogen) atoms. The van der Waals surface area contributed by atoms with Gasteiger partial charge in [0, 0.05) is 0 Å². The average molecular weight is 294 g/mol. The van der Waals surface area contributed by atoms with Gasteiger partial charge in [-0.05, 0) is 54.4 Å². The highest BCUT2D eigenvalue weighted by atomic mass is 16.3. The second-order valence-electron chi connectivity index (χ2n) is 4.90. The number of nitrogens with one attached hydrogen (secondary N) is 2. The van der Waals surface area contributed by atoms with Gasteiger partial charge in [0.25, 0.3) is 5.56 Å². The van der Waals surface area contributed by atoms with Crippen LogP contribution in [0.15, 0.2) is 52.4 Å². The van der Waals surface area contributed by atoms with Gasteiger partial charge in [0.15, 0.2) is 0 Å². The van der Waals surface area contributed by atoms with E-state index >= 15 is 0 Å². The molecule has 2 aromatic carbocycles. The summed E-state index contributed by atoms with van der Waals surface area (Å²) < 4.78 is 0. The molecule has 0 saturated heterocycles. The maximum absolute atomic E-state index is 11.9. The van der Waals surface area contributed by atoms with Crippen molar-refractivity contribution in [3.63, 3.8) is 0 Å². The quantitative estimate of drug-likeness (QED) is 0.511. The van der Waals surface area contributed by atoms with Crippen LogP contribution < -0.4 is 11.0 Å². The topological polar surface area (TPSA) is 90.4 Å². The third kappa shape index (κ3) is 2.95. The molecule has 0 saturated carbocycles. The van der Waals surface area contributed by atoms with Gasteiger partial charge in [-0.15, -0.1) is 0 Å². The molecule has 0 fully saturated rings. The minimum absolute atomic E-state index is 0.131. The van der Waals surface area contributed by atoms with Crippen molar-refractivity contribution in [2.45, 2.75) is 6.92 Å². The Morgan fingerprint density at radius 2 is 2.00 bits per heavy atom. The zero-order valence-corrected chi connectivity index (χ0v) is 11.9. The number of rotatable bonds is 3. The number of aromatic amines is 1. The minimum atomic E-state index is -0.332. The highest BCUT2D eigenvalue weighted by Crippen LogP contribution is 2.11.